The van der Waals surface area contributed by atoms with Gasteiger partial charge in [0.1, 0.15) is 5.75 Å². The van der Waals surface area contributed by atoms with E-state index in [-0.39, 0.29) is 5.75 Å². The van der Waals surface area contributed by atoms with Crippen LogP contribution in [0.1, 0.15) is 10.4 Å². The molecular formula is C10H8N2O2. The second kappa shape index (κ2) is 3.33. The summed E-state index contributed by atoms with van der Waals surface area (Å²) in [7, 11) is 0. The summed E-state index contributed by atoms with van der Waals surface area (Å²) >= 11 is 0. The van der Waals surface area contributed by atoms with Gasteiger partial charge >= 0.3 is 0 Å². The van der Waals surface area contributed by atoms with Crippen molar-refractivity contribution in [3.8, 4) is 11.4 Å². The van der Waals surface area contributed by atoms with Gasteiger partial charge in [-0.05, 0) is 24.3 Å². The van der Waals surface area contributed by atoms with E-state index >= 15 is 0 Å². The number of carbonyl (C=O) groups is 1. The quantitative estimate of drug-likeness (QED) is 0.724. The van der Waals surface area contributed by atoms with Gasteiger partial charge in [0.15, 0.2) is 6.29 Å². The summed E-state index contributed by atoms with van der Waals surface area (Å²) in [5.41, 5.74) is 1.33. The van der Waals surface area contributed by atoms with E-state index in [1.165, 1.54) is 6.20 Å². The number of carbonyl (C=O) groups excluding carboxylic acids is 1. The molecule has 0 fully saturated rings. The molecular weight excluding hydrogens is 180 g/mol. The van der Waals surface area contributed by atoms with Crippen LogP contribution in [0.4, 0.5) is 0 Å². The number of hydrogen-bond donors (Lipinski definition) is 1. The van der Waals surface area contributed by atoms with Crippen molar-refractivity contribution in [1.82, 2.24) is 9.78 Å². The molecule has 4 heteroatoms. The topological polar surface area (TPSA) is 55.1 Å². The Morgan fingerprint density at radius 1 is 1.29 bits per heavy atom. The van der Waals surface area contributed by atoms with E-state index in [0.717, 1.165) is 12.0 Å². The Hall–Kier alpha value is -2.10. The number of aldehydes is 1. The lowest BCUT2D eigenvalue weighted by atomic mass is 10.3. The zero-order valence-corrected chi connectivity index (χ0v) is 7.29. The molecule has 2 aromatic rings. The molecule has 0 amide bonds. The van der Waals surface area contributed by atoms with Crippen molar-refractivity contribution in [3.05, 3.63) is 42.2 Å². The molecule has 1 heterocycles. The number of hydrogen-bond acceptors (Lipinski definition) is 3. The maximum atomic E-state index is 10.4. The zero-order chi connectivity index (χ0) is 9.97. The highest BCUT2D eigenvalue weighted by atomic mass is 16.3. The molecule has 1 N–H and O–H groups in total. The van der Waals surface area contributed by atoms with E-state index in [4.69, 9.17) is 5.11 Å². The van der Waals surface area contributed by atoms with Gasteiger partial charge < -0.3 is 5.11 Å². The Bertz CT molecular complexity index is 445. The molecule has 0 saturated heterocycles. The lowest BCUT2D eigenvalue weighted by molar-refractivity contribution is 0.112. The van der Waals surface area contributed by atoms with Gasteiger partial charge in [-0.2, -0.15) is 5.10 Å². The molecule has 0 unspecified atom stereocenters. The molecule has 0 bridgehead atoms. The van der Waals surface area contributed by atoms with Crippen LogP contribution >= 0.6 is 0 Å². The second-order valence-electron chi connectivity index (χ2n) is 2.85. The van der Waals surface area contributed by atoms with Crippen LogP contribution in [0, 0.1) is 0 Å². The minimum absolute atomic E-state index is 0.205. The first-order valence-corrected chi connectivity index (χ1v) is 4.09. The molecule has 0 aliphatic rings. The van der Waals surface area contributed by atoms with Crippen LogP contribution in [0.15, 0.2) is 36.7 Å². The van der Waals surface area contributed by atoms with E-state index in [2.05, 4.69) is 5.10 Å². The fourth-order valence-corrected chi connectivity index (χ4v) is 1.14. The number of aromatic nitrogens is 2. The van der Waals surface area contributed by atoms with Crippen LogP contribution in [0.2, 0.25) is 0 Å². The Labute approximate surface area is 80.4 Å². The smallest absolute Gasteiger partial charge is 0.153 e. The Balaban J connectivity index is 2.39. The molecule has 0 aliphatic heterocycles. The maximum Gasteiger partial charge on any atom is 0.153 e. The monoisotopic (exact) mass is 188 g/mol. The van der Waals surface area contributed by atoms with Gasteiger partial charge in [-0.3, -0.25) is 4.79 Å². The van der Waals surface area contributed by atoms with Crippen LogP contribution < -0.4 is 0 Å². The van der Waals surface area contributed by atoms with Crippen molar-refractivity contribution in [2.75, 3.05) is 0 Å². The lowest BCUT2D eigenvalue weighted by Gasteiger charge is -1.99. The third-order valence-electron chi connectivity index (χ3n) is 1.85. The summed E-state index contributed by atoms with van der Waals surface area (Å²) in [6.07, 6.45) is 3.85. The molecule has 0 saturated carbocycles. The number of phenols is 1. The number of nitrogens with zero attached hydrogens (tertiary/aromatic N) is 2. The SMILES string of the molecule is O=Cc1cnn(-c2ccc(O)cc2)c1. The van der Waals surface area contributed by atoms with Gasteiger partial charge in [0.05, 0.1) is 17.4 Å². The van der Waals surface area contributed by atoms with Gasteiger partial charge in [-0.1, -0.05) is 0 Å². The predicted molar refractivity (Wildman–Crippen MR) is 50.6 cm³/mol. The zero-order valence-electron chi connectivity index (χ0n) is 7.29. The first-order chi connectivity index (χ1) is 6.79. The van der Waals surface area contributed by atoms with Crippen molar-refractivity contribution in [1.29, 1.82) is 0 Å². The van der Waals surface area contributed by atoms with Crippen LogP contribution in [-0.2, 0) is 0 Å². The summed E-state index contributed by atoms with van der Waals surface area (Å²) < 4.78 is 1.57. The maximum absolute atomic E-state index is 10.4. The third-order valence-corrected chi connectivity index (χ3v) is 1.85. The van der Waals surface area contributed by atoms with E-state index in [1.54, 1.807) is 35.1 Å². The molecule has 2 rings (SSSR count). The minimum Gasteiger partial charge on any atom is -0.508 e. The number of benzene rings is 1. The Morgan fingerprint density at radius 3 is 2.57 bits per heavy atom. The third kappa shape index (κ3) is 1.50. The molecule has 0 aliphatic carbocycles. The first kappa shape index (κ1) is 8.50. The molecule has 0 radical (unpaired) electrons. The molecule has 14 heavy (non-hydrogen) atoms. The Morgan fingerprint density at radius 2 is 2.00 bits per heavy atom. The van der Waals surface area contributed by atoms with Crippen molar-refractivity contribution < 1.29 is 9.90 Å². The van der Waals surface area contributed by atoms with E-state index in [9.17, 15) is 4.79 Å². The van der Waals surface area contributed by atoms with Crippen molar-refractivity contribution in [3.63, 3.8) is 0 Å². The summed E-state index contributed by atoms with van der Waals surface area (Å²) in [5, 5.41) is 13.1. The number of phenolic OH excluding ortho intramolecular Hbond substituents is 1. The van der Waals surface area contributed by atoms with Gasteiger partial charge in [-0.15, -0.1) is 0 Å². The summed E-state index contributed by atoms with van der Waals surface area (Å²) in [4.78, 5) is 10.4. The molecule has 1 aromatic carbocycles. The summed E-state index contributed by atoms with van der Waals surface area (Å²) in [6, 6.07) is 6.57. The van der Waals surface area contributed by atoms with Gasteiger partial charge in [-0.25, -0.2) is 4.68 Å². The van der Waals surface area contributed by atoms with Gasteiger partial charge in [0, 0.05) is 6.20 Å². The van der Waals surface area contributed by atoms with Crippen LogP contribution in [0.3, 0.4) is 0 Å². The molecule has 70 valence electrons. The van der Waals surface area contributed by atoms with Gasteiger partial charge in [0.25, 0.3) is 0 Å². The van der Waals surface area contributed by atoms with Crippen LogP contribution in [0.25, 0.3) is 5.69 Å². The van der Waals surface area contributed by atoms with E-state index in [1.807, 2.05) is 0 Å². The number of aromatic hydroxyl groups is 1. The highest BCUT2D eigenvalue weighted by Crippen LogP contribution is 2.12. The number of rotatable bonds is 2. The standard InChI is InChI=1S/C10H8N2O2/c13-7-8-5-11-12(6-8)9-1-3-10(14)4-2-9/h1-7,14H. The molecule has 4 nitrogen and oxygen atoms in total. The molecule has 0 atom stereocenters. The fraction of sp³-hybridized carbons (Fsp3) is 0. The van der Waals surface area contributed by atoms with Crippen molar-refractivity contribution in [2.45, 2.75) is 0 Å². The van der Waals surface area contributed by atoms with E-state index in [0.29, 0.717) is 5.56 Å². The average molecular weight is 188 g/mol. The predicted octanol–water partition coefficient (Wildman–Crippen LogP) is 1.39. The van der Waals surface area contributed by atoms with Crippen LogP contribution in [-0.4, -0.2) is 21.2 Å². The summed E-state index contributed by atoms with van der Waals surface area (Å²) in [6.45, 7) is 0. The lowest BCUT2D eigenvalue weighted by Crippen LogP contribution is -1.92. The van der Waals surface area contributed by atoms with Gasteiger partial charge in [0.2, 0.25) is 0 Å². The molecule has 0 spiro atoms. The molecule has 1 aromatic heterocycles. The average Bonchev–Trinajstić information content (AvgIpc) is 2.67. The fourth-order valence-electron chi connectivity index (χ4n) is 1.14. The largest absolute Gasteiger partial charge is 0.508 e. The van der Waals surface area contributed by atoms with Crippen molar-refractivity contribution >= 4 is 6.29 Å². The van der Waals surface area contributed by atoms with E-state index < -0.39 is 0 Å². The highest BCUT2D eigenvalue weighted by Gasteiger charge is 1.99. The summed E-state index contributed by atoms with van der Waals surface area (Å²) in [5.74, 6) is 0.205. The first-order valence-electron chi connectivity index (χ1n) is 4.09. The second-order valence-corrected chi connectivity index (χ2v) is 2.85. The van der Waals surface area contributed by atoms with Crippen LogP contribution in [0.5, 0.6) is 5.75 Å². The normalized spacial score (nSPS) is 10.0. The Kier molecular flexibility index (Phi) is 2.02. The van der Waals surface area contributed by atoms with Crippen molar-refractivity contribution in [2.24, 2.45) is 0 Å². The highest BCUT2D eigenvalue weighted by molar-refractivity contribution is 5.73. The minimum atomic E-state index is 0.205.